The van der Waals surface area contributed by atoms with E-state index < -0.39 is 0 Å². The van der Waals surface area contributed by atoms with Gasteiger partial charge in [-0.15, -0.1) is 5.10 Å². The van der Waals surface area contributed by atoms with E-state index in [2.05, 4.69) is 10.1 Å². The summed E-state index contributed by atoms with van der Waals surface area (Å²) in [6.07, 6.45) is 2.95. The van der Waals surface area contributed by atoms with Gasteiger partial charge in [-0.1, -0.05) is 0 Å². The van der Waals surface area contributed by atoms with Crippen LogP contribution in [-0.4, -0.2) is 14.8 Å². The molecule has 0 aliphatic carbocycles. The molecular weight excluding hydrogens is 204 g/mol. The standard InChI is InChI=1S/C11H14N4O/c1-7-5-6-8(16-7)11-13-10-4-2-3-9(12)15(10)14-11/h5-6,9H,2-4,12H2,1H3. The van der Waals surface area contributed by atoms with Crippen molar-refractivity contribution in [2.75, 3.05) is 0 Å². The van der Waals surface area contributed by atoms with Crippen molar-refractivity contribution in [2.24, 2.45) is 5.73 Å². The second kappa shape index (κ2) is 3.45. The first-order valence-corrected chi connectivity index (χ1v) is 5.52. The van der Waals surface area contributed by atoms with Crippen LogP contribution in [0.4, 0.5) is 0 Å². The SMILES string of the molecule is Cc1ccc(-c2nc3n(n2)C(N)CCC3)o1. The van der Waals surface area contributed by atoms with E-state index in [0.717, 1.165) is 30.8 Å². The lowest BCUT2D eigenvalue weighted by Crippen LogP contribution is -2.25. The van der Waals surface area contributed by atoms with Crippen LogP contribution >= 0.6 is 0 Å². The summed E-state index contributed by atoms with van der Waals surface area (Å²) in [6.45, 7) is 1.91. The first-order chi connectivity index (χ1) is 7.74. The van der Waals surface area contributed by atoms with Crippen molar-refractivity contribution in [1.29, 1.82) is 0 Å². The molecule has 1 aliphatic rings. The van der Waals surface area contributed by atoms with Crippen molar-refractivity contribution >= 4 is 0 Å². The highest BCUT2D eigenvalue weighted by molar-refractivity contribution is 5.46. The fourth-order valence-electron chi connectivity index (χ4n) is 2.04. The number of aryl methyl sites for hydroxylation is 2. The Bertz CT molecular complexity index is 514. The molecule has 5 nitrogen and oxygen atoms in total. The van der Waals surface area contributed by atoms with E-state index >= 15 is 0 Å². The summed E-state index contributed by atoms with van der Waals surface area (Å²) >= 11 is 0. The van der Waals surface area contributed by atoms with Crippen molar-refractivity contribution in [3.63, 3.8) is 0 Å². The summed E-state index contributed by atoms with van der Waals surface area (Å²) in [4.78, 5) is 4.46. The largest absolute Gasteiger partial charge is 0.458 e. The average Bonchev–Trinajstić information content (AvgIpc) is 2.84. The minimum atomic E-state index is -0.0407. The molecule has 16 heavy (non-hydrogen) atoms. The maximum absolute atomic E-state index is 5.97. The van der Waals surface area contributed by atoms with Crippen molar-refractivity contribution in [1.82, 2.24) is 14.8 Å². The third-order valence-corrected chi connectivity index (χ3v) is 2.88. The van der Waals surface area contributed by atoms with Crippen LogP contribution in [0.2, 0.25) is 0 Å². The molecule has 0 radical (unpaired) electrons. The molecule has 2 N–H and O–H groups in total. The summed E-state index contributed by atoms with van der Waals surface area (Å²) < 4.78 is 7.32. The molecule has 0 bridgehead atoms. The lowest BCUT2D eigenvalue weighted by Gasteiger charge is -2.18. The van der Waals surface area contributed by atoms with Crippen LogP contribution in [0, 0.1) is 6.92 Å². The van der Waals surface area contributed by atoms with E-state index in [1.165, 1.54) is 0 Å². The predicted octanol–water partition coefficient (Wildman–Crippen LogP) is 1.64. The Morgan fingerprint density at radius 1 is 1.50 bits per heavy atom. The van der Waals surface area contributed by atoms with Crippen molar-refractivity contribution in [2.45, 2.75) is 32.4 Å². The summed E-state index contributed by atoms with van der Waals surface area (Å²) in [7, 11) is 0. The molecule has 1 aliphatic heterocycles. The van der Waals surface area contributed by atoms with Gasteiger partial charge in [-0.05, 0) is 31.9 Å². The summed E-state index contributed by atoms with van der Waals surface area (Å²) in [5.74, 6) is 3.18. The number of hydrogen-bond donors (Lipinski definition) is 1. The van der Waals surface area contributed by atoms with Crippen LogP contribution in [0.15, 0.2) is 16.5 Å². The molecule has 2 aromatic rings. The van der Waals surface area contributed by atoms with E-state index in [4.69, 9.17) is 10.2 Å². The number of furan rings is 1. The lowest BCUT2D eigenvalue weighted by atomic mass is 10.1. The van der Waals surface area contributed by atoms with Gasteiger partial charge in [-0.2, -0.15) is 0 Å². The Kier molecular flexibility index (Phi) is 2.07. The Balaban J connectivity index is 2.04. The minimum absolute atomic E-state index is 0.0407. The van der Waals surface area contributed by atoms with E-state index in [-0.39, 0.29) is 6.17 Å². The molecule has 0 fully saturated rings. The van der Waals surface area contributed by atoms with E-state index in [1.807, 2.05) is 23.7 Å². The monoisotopic (exact) mass is 218 g/mol. The summed E-state index contributed by atoms with van der Waals surface area (Å²) in [5.41, 5.74) is 5.97. The van der Waals surface area contributed by atoms with Crippen LogP contribution in [0.3, 0.4) is 0 Å². The molecule has 1 unspecified atom stereocenters. The molecule has 0 saturated carbocycles. The van der Waals surface area contributed by atoms with Crippen molar-refractivity contribution in [3.8, 4) is 11.6 Å². The van der Waals surface area contributed by atoms with Crippen LogP contribution in [0.25, 0.3) is 11.6 Å². The van der Waals surface area contributed by atoms with Crippen LogP contribution < -0.4 is 5.73 Å². The van der Waals surface area contributed by atoms with Gasteiger partial charge in [-0.25, -0.2) is 9.67 Å². The molecule has 0 saturated heterocycles. The zero-order valence-corrected chi connectivity index (χ0v) is 9.18. The number of hydrogen-bond acceptors (Lipinski definition) is 4. The molecule has 0 spiro atoms. The summed E-state index contributed by atoms with van der Waals surface area (Å²) in [5, 5.41) is 4.40. The van der Waals surface area contributed by atoms with Crippen LogP contribution in [0.5, 0.6) is 0 Å². The average molecular weight is 218 g/mol. The number of aromatic nitrogens is 3. The molecule has 3 rings (SSSR count). The third-order valence-electron chi connectivity index (χ3n) is 2.88. The fourth-order valence-corrected chi connectivity index (χ4v) is 2.04. The molecule has 84 valence electrons. The van der Waals surface area contributed by atoms with Crippen molar-refractivity contribution in [3.05, 3.63) is 23.7 Å². The number of fused-ring (bicyclic) bond motifs is 1. The first-order valence-electron chi connectivity index (χ1n) is 5.52. The van der Waals surface area contributed by atoms with Gasteiger partial charge >= 0.3 is 0 Å². The summed E-state index contributed by atoms with van der Waals surface area (Å²) in [6, 6.07) is 3.80. The first kappa shape index (κ1) is 9.59. The van der Waals surface area contributed by atoms with Gasteiger partial charge < -0.3 is 10.2 Å². The molecule has 3 heterocycles. The molecule has 1 atom stereocenters. The van der Waals surface area contributed by atoms with E-state index in [1.54, 1.807) is 0 Å². The number of nitrogens with two attached hydrogens (primary N) is 1. The highest BCUT2D eigenvalue weighted by atomic mass is 16.3. The van der Waals surface area contributed by atoms with Gasteiger partial charge in [-0.3, -0.25) is 0 Å². The second-order valence-electron chi connectivity index (χ2n) is 4.17. The Morgan fingerprint density at radius 3 is 3.06 bits per heavy atom. The Labute approximate surface area is 93.3 Å². The van der Waals surface area contributed by atoms with Crippen LogP contribution in [0.1, 0.15) is 30.6 Å². The molecule has 0 amide bonds. The van der Waals surface area contributed by atoms with Crippen LogP contribution in [-0.2, 0) is 6.42 Å². The zero-order valence-electron chi connectivity index (χ0n) is 9.18. The number of nitrogens with zero attached hydrogens (tertiary/aromatic N) is 3. The van der Waals surface area contributed by atoms with Gasteiger partial charge in [0.1, 0.15) is 17.8 Å². The molecule has 2 aromatic heterocycles. The lowest BCUT2D eigenvalue weighted by molar-refractivity contribution is 0.372. The maximum atomic E-state index is 5.97. The smallest absolute Gasteiger partial charge is 0.217 e. The quantitative estimate of drug-likeness (QED) is 0.790. The van der Waals surface area contributed by atoms with E-state index in [0.29, 0.717) is 11.6 Å². The van der Waals surface area contributed by atoms with Gasteiger partial charge in [0.15, 0.2) is 5.76 Å². The van der Waals surface area contributed by atoms with Gasteiger partial charge in [0.2, 0.25) is 5.82 Å². The fraction of sp³-hybridized carbons (Fsp3) is 0.455. The normalized spacial score (nSPS) is 19.8. The van der Waals surface area contributed by atoms with Gasteiger partial charge in [0.25, 0.3) is 0 Å². The highest BCUT2D eigenvalue weighted by Gasteiger charge is 2.21. The van der Waals surface area contributed by atoms with Gasteiger partial charge in [0, 0.05) is 6.42 Å². The topological polar surface area (TPSA) is 69.9 Å². The Hall–Kier alpha value is -1.62. The second-order valence-corrected chi connectivity index (χ2v) is 4.17. The predicted molar refractivity (Wildman–Crippen MR) is 58.6 cm³/mol. The Morgan fingerprint density at radius 2 is 2.38 bits per heavy atom. The highest BCUT2D eigenvalue weighted by Crippen LogP contribution is 2.24. The molecule has 5 heteroatoms. The molecule has 0 aromatic carbocycles. The third kappa shape index (κ3) is 1.44. The minimum Gasteiger partial charge on any atom is -0.458 e. The zero-order chi connectivity index (χ0) is 11.1. The van der Waals surface area contributed by atoms with E-state index in [9.17, 15) is 0 Å². The van der Waals surface area contributed by atoms with Gasteiger partial charge in [0.05, 0.1) is 0 Å². The van der Waals surface area contributed by atoms with Crippen molar-refractivity contribution < 1.29 is 4.42 Å². The number of rotatable bonds is 1. The molecular formula is C11H14N4O. The maximum Gasteiger partial charge on any atom is 0.217 e.